The van der Waals surface area contributed by atoms with E-state index in [0.717, 1.165) is 31.6 Å². The van der Waals surface area contributed by atoms with Crippen LogP contribution in [0.3, 0.4) is 0 Å². The van der Waals surface area contributed by atoms with Gasteiger partial charge in [0.05, 0.1) is 18.3 Å². The molecule has 0 saturated heterocycles. The molecule has 4 rings (SSSR count). The van der Waals surface area contributed by atoms with E-state index < -0.39 is 6.10 Å². The van der Waals surface area contributed by atoms with Gasteiger partial charge in [-0.25, -0.2) is 0 Å². The second-order valence-corrected chi connectivity index (χ2v) is 10.2. The zero-order chi connectivity index (χ0) is 17.3. The standard InChI is InChI=1S/C21H36O3/c1-12(22)19-18(24)11-17-15-5-4-13-10-14(23)6-8-20(13,2)16(15)7-9-21(17,19)3/h12-19,22-24H,4-11H2,1-3H3/t12?,13-,14-,15+,16-,17-,18+,19-,20-,21-/m0/s1. The van der Waals surface area contributed by atoms with Gasteiger partial charge in [0.25, 0.3) is 0 Å². The van der Waals surface area contributed by atoms with Gasteiger partial charge < -0.3 is 15.3 Å². The van der Waals surface area contributed by atoms with Gasteiger partial charge in [0, 0.05) is 5.92 Å². The van der Waals surface area contributed by atoms with E-state index in [-0.39, 0.29) is 23.5 Å². The van der Waals surface area contributed by atoms with Gasteiger partial charge in [0.1, 0.15) is 0 Å². The van der Waals surface area contributed by atoms with Crippen LogP contribution in [0.1, 0.15) is 72.1 Å². The Balaban J connectivity index is 1.63. The van der Waals surface area contributed by atoms with E-state index in [9.17, 15) is 15.3 Å². The quantitative estimate of drug-likeness (QED) is 0.688. The lowest BCUT2D eigenvalue weighted by atomic mass is 9.44. The summed E-state index contributed by atoms with van der Waals surface area (Å²) in [5.41, 5.74) is 0.490. The second-order valence-electron chi connectivity index (χ2n) is 10.2. The van der Waals surface area contributed by atoms with Crippen LogP contribution in [0.25, 0.3) is 0 Å². The first-order valence-corrected chi connectivity index (χ1v) is 10.3. The van der Waals surface area contributed by atoms with Crippen molar-refractivity contribution < 1.29 is 15.3 Å². The van der Waals surface area contributed by atoms with Gasteiger partial charge in [-0.1, -0.05) is 13.8 Å². The minimum atomic E-state index is -0.414. The molecular weight excluding hydrogens is 300 g/mol. The van der Waals surface area contributed by atoms with E-state index in [1.165, 1.54) is 25.7 Å². The third-order valence-corrected chi connectivity index (χ3v) is 9.27. The fraction of sp³-hybridized carbons (Fsp3) is 1.00. The van der Waals surface area contributed by atoms with E-state index in [1.807, 2.05) is 6.92 Å². The maximum absolute atomic E-state index is 10.7. The molecule has 24 heavy (non-hydrogen) atoms. The molecule has 138 valence electrons. The lowest BCUT2D eigenvalue weighted by molar-refractivity contribution is -0.133. The summed E-state index contributed by atoms with van der Waals surface area (Å²) in [4.78, 5) is 0. The van der Waals surface area contributed by atoms with Crippen LogP contribution in [0.15, 0.2) is 0 Å². The molecule has 0 aromatic rings. The van der Waals surface area contributed by atoms with Gasteiger partial charge in [-0.3, -0.25) is 0 Å². The fourth-order valence-electron chi connectivity index (χ4n) is 8.16. The summed E-state index contributed by atoms with van der Waals surface area (Å²) in [6, 6.07) is 0. The molecule has 0 radical (unpaired) electrons. The van der Waals surface area contributed by atoms with Crippen molar-refractivity contribution >= 4 is 0 Å². The Bertz CT molecular complexity index is 491. The number of fused-ring (bicyclic) bond motifs is 5. The summed E-state index contributed by atoms with van der Waals surface area (Å²) in [7, 11) is 0. The maximum atomic E-state index is 10.7. The average Bonchev–Trinajstić information content (AvgIpc) is 2.78. The molecule has 3 nitrogen and oxygen atoms in total. The third kappa shape index (κ3) is 2.27. The normalized spacial score (nSPS) is 58.5. The second kappa shape index (κ2) is 5.69. The highest BCUT2D eigenvalue weighted by molar-refractivity contribution is 5.11. The molecule has 0 heterocycles. The Morgan fingerprint density at radius 1 is 0.875 bits per heavy atom. The minimum absolute atomic E-state index is 0.0437. The van der Waals surface area contributed by atoms with E-state index in [4.69, 9.17) is 0 Å². The first-order valence-electron chi connectivity index (χ1n) is 10.3. The molecule has 0 aromatic heterocycles. The highest BCUT2D eigenvalue weighted by Crippen LogP contribution is 2.67. The van der Waals surface area contributed by atoms with Crippen molar-refractivity contribution in [1.82, 2.24) is 0 Å². The predicted molar refractivity (Wildman–Crippen MR) is 94.3 cm³/mol. The van der Waals surface area contributed by atoms with Crippen molar-refractivity contribution in [3.05, 3.63) is 0 Å². The SMILES string of the molecule is CC(O)[C@H]1[C@H](O)C[C@H]2[C@@H]3CC[C@H]4C[C@@H](O)CC[C@]4(C)[C@H]3CC[C@@]21C. The van der Waals surface area contributed by atoms with Crippen LogP contribution in [0.4, 0.5) is 0 Å². The van der Waals surface area contributed by atoms with Crippen molar-refractivity contribution in [1.29, 1.82) is 0 Å². The topological polar surface area (TPSA) is 60.7 Å². The van der Waals surface area contributed by atoms with Crippen molar-refractivity contribution in [3.63, 3.8) is 0 Å². The van der Waals surface area contributed by atoms with Gasteiger partial charge >= 0.3 is 0 Å². The van der Waals surface area contributed by atoms with Gasteiger partial charge in [0.2, 0.25) is 0 Å². The summed E-state index contributed by atoms with van der Waals surface area (Å²) in [5, 5.41) is 31.1. The molecule has 4 aliphatic rings. The van der Waals surface area contributed by atoms with Gasteiger partial charge in [-0.2, -0.15) is 0 Å². The van der Waals surface area contributed by atoms with E-state index in [0.29, 0.717) is 23.2 Å². The summed E-state index contributed by atoms with van der Waals surface area (Å²) >= 11 is 0. The zero-order valence-electron chi connectivity index (χ0n) is 15.6. The summed E-state index contributed by atoms with van der Waals surface area (Å²) in [5.74, 6) is 2.75. The molecule has 0 bridgehead atoms. The summed E-state index contributed by atoms with van der Waals surface area (Å²) < 4.78 is 0. The van der Waals surface area contributed by atoms with Crippen molar-refractivity contribution in [2.75, 3.05) is 0 Å². The first kappa shape index (κ1) is 17.3. The van der Waals surface area contributed by atoms with E-state index in [1.54, 1.807) is 0 Å². The van der Waals surface area contributed by atoms with Crippen LogP contribution >= 0.6 is 0 Å². The zero-order valence-corrected chi connectivity index (χ0v) is 15.6. The number of rotatable bonds is 1. The van der Waals surface area contributed by atoms with E-state index >= 15 is 0 Å². The van der Waals surface area contributed by atoms with Crippen LogP contribution < -0.4 is 0 Å². The first-order chi connectivity index (χ1) is 11.3. The summed E-state index contributed by atoms with van der Waals surface area (Å²) in [6.45, 7) is 6.72. The van der Waals surface area contributed by atoms with Gasteiger partial charge in [0.15, 0.2) is 0 Å². The van der Waals surface area contributed by atoms with Gasteiger partial charge in [-0.15, -0.1) is 0 Å². The Labute approximate surface area is 146 Å². The molecule has 0 amide bonds. The number of aliphatic hydroxyl groups excluding tert-OH is 3. The molecule has 0 spiro atoms. The maximum Gasteiger partial charge on any atom is 0.0601 e. The van der Waals surface area contributed by atoms with Crippen LogP contribution in [0.5, 0.6) is 0 Å². The van der Waals surface area contributed by atoms with Crippen LogP contribution in [-0.4, -0.2) is 33.6 Å². The fourth-order valence-corrected chi connectivity index (χ4v) is 8.16. The minimum Gasteiger partial charge on any atom is -0.393 e. The molecule has 10 atom stereocenters. The Hall–Kier alpha value is -0.120. The predicted octanol–water partition coefficient (Wildman–Crippen LogP) is 3.36. The van der Waals surface area contributed by atoms with E-state index in [2.05, 4.69) is 13.8 Å². The highest BCUT2D eigenvalue weighted by atomic mass is 16.3. The molecule has 3 N–H and O–H groups in total. The monoisotopic (exact) mass is 336 g/mol. The Morgan fingerprint density at radius 3 is 2.29 bits per heavy atom. The van der Waals surface area contributed by atoms with Crippen LogP contribution in [0, 0.1) is 40.4 Å². The Kier molecular flexibility index (Phi) is 4.10. The van der Waals surface area contributed by atoms with Crippen molar-refractivity contribution in [2.45, 2.75) is 90.4 Å². The Morgan fingerprint density at radius 2 is 1.58 bits per heavy atom. The molecular formula is C21H36O3. The smallest absolute Gasteiger partial charge is 0.0601 e. The molecule has 0 aliphatic heterocycles. The molecule has 4 fully saturated rings. The van der Waals surface area contributed by atoms with Crippen LogP contribution in [-0.2, 0) is 0 Å². The lowest BCUT2D eigenvalue weighted by Crippen LogP contribution is -2.54. The lowest BCUT2D eigenvalue weighted by Gasteiger charge is -2.61. The number of hydrogen-bond donors (Lipinski definition) is 3. The van der Waals surface area contributed by atoms with Crippen molar-refractivity contribution in [3.8, 4) is 0 Å². The highest BCUT2D eigenvalue weighted by Gasteiger charge is 2.62. The summed E-state index contributed by atoms with van der Waals surface area (Å²) in [6.07, 6.45) is 8.10. The molecule has 4 aliphatic carbocycles. The van der Waals surface area contributed by atoms with Crippen molar-refractivity contribution in [2.24, 2.45) is 40.4 Å². The number of aliphatic hydroxyl groups is 3. The third-order valence-electron chi connectivity index (χ3n) is 9.27. The molecule has 1 unspecified atom stereocenters. The van der Waals surface area contributed by atoms with Gasteiger partial charge in [-0.05, 0) is 92.8 Å². The average molecular weight is 337 g/mol. The molecule has 4 saturated carbocycles. The number of hydrogen-bond acceptors (Lipinski definition) is 3. The molecule has 3 heteroatoms. The largest absolute Gasteiger partial charge is 0.393 e. The molecule has 0 aromatic carbocycles. The van der Waals surface area contributed by atoms with Crippen LogP contribution in [0.2, 0.25) is 0 Å².